The molecular weight excluding hydrogens is 509 g/mol. The number of nitrogens with one attached hydrogen (secondary N) is 1. The molecule has 1 unspecified atom stereocenters. The molecule has 1 aliphatic heterocycles. The molecule has 1 aromatic carbocycles. The van der Waals surface area contributed by atoms with Crippen LogP contribution in [-0.2, 0) is 21.2 Å². The van der Waals surface area contributed by atoms with Gasteiger partial charge < -0.3 is 9.64 Å². The number of fused-ring (bicyclic) bond motifs is 1. The van der Waals surface area contributed by atoms with Crippen molar-refractivity contribution in [3.63, 3.8) is 0 Å². The highest BCUT2D eigenvalue weighted by molar-refractivity contribution is 7.93. The maximum Gasteiger partial charge on any atom is 0.516 e. The number of nitrogens with zero attached hydrogens (tertiary/aromatic N) is 5. The van der Waals surface area contributed by atoms with E-state index in [1.165, 1.54) is 12.1 Å². The van der Waals surface area contributed by atoms with Crippen LogP contribution in [0.4, 0.5) is 35.4 Å². The van der Waals surface area contributed by atoms with Gasteiger partial charge in [0.2, 0.25) is 5.01 Å². The van der Waals surface area contributed by atoms with Crippen molar-refractivity contribution in [1.29, 1.82) is 0 Å². The Balaban J connectivity index is 2.03. The molecule has 1 aliphatic rings. The summed E-state index contributed by atoms with van der Waals surface area (Å²) in [7, 11) is -5.70. The first kappa shape index (κ1) is 26.8. The van der Waals surface area contributed by atoms with E-state index in [4.69, 9.17) is 4.74 Å². The lowest BCUT2D eigenvalue weighted by Gasteiger charge is -2.37. The highest BCUT2D eigenvalue weighted by Crippen LogP contribution is 2.41. The van der Waals surface area contributed by atoms with E-state index < -0.39 is 21.5 Å². The van der Waals surface area contributed by atoms with Crippen molar-refractivity contribution in [1.82, 2.24) is 10.2 Å². The van der Waals surface area contributed by atoms with Crippen molar-refractivity contribution in [3.8, 4) is 0 Å². The van der Waals surface area contributed by atoms with E-state index in [9.17, 15) is 26.4 Å². The van der Waals surface area contributed by atoms with Gasteiger partial charge in [-0.05, 0) is 50.8 Å². The molecule has 15 heteroatoms. The highest BCUT2D eigenvalue weighted by atomic mass is 32.2. The quantitative estimate of drug-likeness (QED) is 0.340. The summed E-state index contributed by atoms with van der Waals surface area (Å²) >= 11 is 0.778. The number of carbonyl (C=O) groups excluding carboxylic acids is 1. The Morgan fingerprint density at radius 3 is 2.69 bits per heavy atom. The first-order valence-corrected chi connectivity index (χ1v) is 13.2. The van der Waals surface area contributed by atoms with Gasteiger partial charge in [-0.15, -0.1) is 20.4 Å². The number of alkyl halides is 3. The minimum absolute atomic E-state index is 0.0476. The molecule has 10 nitrogen and oxygen atoms in total. The average Bonchev–Trinajstić information content (AvgIpc) is 3.26. The Morgan fingerprint density at radius 1 is 1.29 bits per heavy atom. The van der Waals surface area contributed by atoms with Crippen LogP contribution in [0, 0.1) is 0 Å². The van der Waals surface area contributed by atoms with E-state index in [-0.39, 0.29) is 34.2 Å². The molecular formula is C20H25F3N6O4S2. The molecule has 35 heavy (non-hydrogen) atoms. The average molecular weight is 535 g/mol. The lowest BCUT2D eigenvalue weighted by Crippen LogP contribution is -2.38. The number of hydrogen-bond donors (Lipinski definition) is 1. The smallest absolute Gasteiger partial charge is 0.461 e. The highest BCUT2D eigenvalue weighted by Gasteiger charge is 2.46. The van der Waals surface area contributed by atoms with E-state index in [1.54, 1.807) is 11.6 Å². The Kier molecular flexibility index (Phi) is 8.30. The molecule has 0 aliphatic carbocycles. The fourth-order valence-corrected chi connectivity index (χ4v) is 4.64. The summed E-state index contributed by atoms with van der Waals surface area (Å²) in [5.41, 5.74) is -4.53. The molecule has 0 amide bonds. The number of halogens is 3. The number of unbranched alkanes of at least 4 members (excludes halogenated alkanes) is 1. The molecule has 1 aromatic heterocycles. The first-order chi connectivity index (χ1) is 16.5. The third kappa shape index (κ3) is 6.25. The van der Waals surface area contributed by atoms with E-state index in [1.807, 2.05) is 13.8 Å². The predicted molar refractivity (Wildman–Crippen MR) is 125 cm³/mol. The summed E-state index contributed by atoms with van der Waals surface area (Å²) in [4.78, 5) is 13.8. The third-order valence-corrected chi connectivity index (χ3v) is 7.16. The van der Waals surface area contributed by atoms with Gasteiger partial charge in [0.1, 0.15) is 5.69 Å². The van der Waals surface area contributed by atoms with Crippen LogP contribution >= 0.6 is 11.3 Å². The predicted octanol–water partition coefficient (Wildman–Crippen LogP) is 5.33. The summed E-state index contributed by atoms with van der Waals surface area (Å²) in [6.07, 6.45) is 3.25. The molecule has 3 rings (SSSR count). The van der Waals surface area contributed by atoms with Gasteiger partial charge in [-0.25, -0.2) is 4.79 Å². The van der Waals surface area contributed by atoms with Gasteiger partial charge in [0.25, 0.3) is 5.13 Å². The second-order valence-corrected chi connectivity index (χ2v) is 10.4. The monoisotopic (exact) mass is 534 g/mol. The zero-order valence-corrected chi connectivity index (χ0v) is 20.9. The number of benzene rings is 1. The minimum Gasteiger partial charge on any atom is -0.461 e. The fraction of sp³-hybridized carbons (Fsp3) is 0.550. The number of rotatable bonds is 9. The van der Waals surface area contributed by atoms with E-state index in [0.717, 1.165) is 36.2 Å². The van der Waals surface area contributed by atoms with Gasteiger partial charge in [-0.1, -0.05) is 24.7 Å². The number of sulfonamides is 1. The third-order valence-electron chi connectivity index (χ3n) is 5.28. The first-order valence-electron chi connectivity index (χ1n) is 10.9. The number of aromatic nitrogens is 2. The maximum atomic E-state index is 13.1. The summed E-state index contributed by atoms with van der Waals surface area (Å²) < 4.78 is 69.5. The van der Waals surface area contributed by atoms with E-state index >= 15 is 0 Å². The van der Waals surface area contributed by atoms with Crippen LogP contribution in [0.5, 0.6) is 0 Å². The number of carbonyl (C=O) groups is 1. The van der Waals surface area contributed by atoms with Gasteiger partial charge in [-0.2, -0.15) is 21.6 Å². The van der Waals surface area contributed by atoms with Crippen LogP contribution in [0.1, 0.15) is 55.4 Å². The summed E-state index contributed by atoms with van der Waals surface area (Å²) in [5, 5.41) is 15.0. The standard InChI is InChI=1S/C20H25F3N6O4S2/c1-4-6-9-29-12(3)7-8-13-10-14(15(11-16(13)29)28-35(31,32)20(21,22)23)24-26-19-27-25-17(34-19)18(30)33-5-2/h10-12,28H,4-9H2,1-3H3. The second-order valence-electron chi connectivity index (χ2n) is 7.79. The molecule has 1 atom stereocenters. The van der Waals surface area contributed by atoms with Crippen molar-refractivity contribution in [2.75, 3.05) is 22.8 Å². The van der Waals surface area contributed by atoms with Gasteiger partial charge >= 0.3 is 21.5 Å². The van der Waals surface area contributed by atoms with Crippen molar-refractivity contribution in [2.24, 2.45) is 10.2 Å². The van der Waals surface area contributed by atoms with E-state index in [2.05, 4.69) is 25.3 Å². The summed E-state index contributed by atoms with van der Waals surface area (Å²) in [6.45, 7) is 6.49. The Bertz CT molecular complexity index is 1200. The number of esters is 1. The van der Waals surface area contributed by atoms with E-state index in [0.29, 0.717) is 18.7 Å². The molecule has 192 valence electrons. The Labute approximate surface area is 204 Å². The topological polar surface area (TPSA) is 126 Å². The zero-order chi connectivity index (χ0) is 25.8. The molecule has 0 bridgehead atoms. The molecule has 1 N–H and O–H groups in total. The molecule has 0 radical (unpaired) electrons. The lowest BCUT2D eigenvalue weighted by molar-refractivity contribution is -0.0429. The van der Waals surface area contributed by atoms with Crippen LogP contribution in [0.25, 0.3) is 0 Å². The summed E-state index contributed by atoms with van der Waals surface area (Å²) in [6, 6.07) is 3.02. The zero-order valence-electron chi connectivity index (χ0n) is 19.3. The summed E-state index contributed by atoms with van der Waals surface area (Å²) in [5.74, 6) is -0.694. The van der Waals surface area contributed by atoms with Gasteiger partial charge in [0.15, 0.2) is 0 Å². The van der Waals surface area contributed by atoms with Gasteiger partial charge in [0, 0.05) is 18.3 Å². The molecule has 2 aromatic rings. The largest absolute Gasteiger partial charge is 0.516 e. The van der Waals surface area contributed by atoms with Gasteiger partial charge in [-0.3, -0.25) is 4.72 Å². The fourth-order valence-electron chi connectivity index (χ4n) is 3.51. The Hall–Kier alpha value is -2.81. The van der Waals surface area contributed by atoms with Crippen LogP contribution in [-0.4, -0.2) is 49.3 Å². The van der Waals surface area contributed by atoms with Crippen molar-refractivity contribution < 1.29 is 31.1 Å². The number of ether oxygens (including phenoxy) is 1. The number of hydrogen-bond acceptors (Lipinski definition) is 10. The van der Waals surface area contributed by atoms with Gasteiger partial charge in [0.05, 0.1) is 12.3 Å². The van der Waals surface area contributed by atoms with Crippen LogP contribution in [0.15, 0.2) is 22.4 Å². The van der Waals surface area contributed by atoms with Crippen LogP contribution in [0.2, 0.25) is 0 Å². The Morgan fingerprint density at radius 2 is 2.03 bits per heavy atom. The minimum atomic E-state index is -5.70. The SMILES string of the molecule is CCCCN1c2cc(NS(=O)(=O)C(F)(F)F)c(N=Nc3nnc(C(=O)OCC)s3)cc2CCC1C. The number of azo groups is 1. The molecule has 0 fully saturated rings. The normalized spacial score (nSPS) is 16.4. The van der Waals surface area contributed by atoms with Crippen molar-refractivity contribution in [3.05, 3.63) is 22.7 Å². The molecule has 0 saturated heterocycles. The van der Waals surface area contributed by atoms with Crippen molar-refractivity contribution >= 4 is 49.5 Å². The van der Waals surface area contributed by atoms with Crippen LogP contribution < -0.4 is 9.62 Å². The number of aryl methyl sites for hydroxylation is 1. The molecule has 0 saturated carbocycles. The molecule has 0 spiro atoms. The maximum absolute atomic E-state index is 13.1. The number of anilines is 2. The second kappa shape index (κ2) is 10.8. The lowest BCUT2D eigenvalue weighted by atomic mass is 9.95. The van der Waals surface area contributed by atoms with Crippen molar-refractivity contribution in [2.45, 2.75) is 58.0 Å². The molecule has 2 heterocycles. The van der Waals surface area contributed by atoms with Crippen LogP contribution in [0.3, 0.4) is 0 Å².